The predicted octanol–water partition coefficient (Wildman–Crippen LogP) is 3.89. The topological polar surface area (TPSA) is 76.5 Å². The van der Waals surface area contributed by atoms with Gasteiger partial charge in [0.05, 0.1) is 18.8 Å². The van der Waals surface area contributed by atoms with Crippen LogP contribution in [0.15, 0.2) is 35.4 Å². The van der Waals surface area contributed by atoms with Crippen LogP contribution in [-0.2, 0) is 14.2 Å². The van der Waals surface area contributed by atoms with E-state index in [0.717, 1.165) is 11.3 Å². The standard InChI is InChI=1S/C16H21N3O3S/c1-3-23-16-10(2)13(18-19-17)14-12(21-16)9-20-15(22-14)11-7-5-4-6-8-11/h4-8,10,12-16H,3,9H2,1-2H3/t10?,12?,13-,14-,15?,16+/m1/s1. The van der Waals surface area contributed by atoms with Crippen molar-refractivity contribution < 1.29 is 14.2 Å². The van der Waals surface area contributed by atoms with Gasteiger partial charge >= 0.3 is 0 Å². The molecule has 0 amide bonds. The van der Waals surface area contributed by atoms with Crippen LogP contribution in [0.2, 0.25) is 0 Å². The second-order valence-corrected chi connectivity index (χ2v) is 7.10. The van der Waals surface area contributed by atoms with Gasteiger partial charge in [-0.1, -0.05) is 49.3 Å². The van der Waals surface area contributed by atoms with Gasteiger partial charge in [0.15, 0.2) is 6.29 Å². The maximum atomic E-state index is 8.95. The molecule has 3 rings (SSSR count). The third-order valence-corrected chi connectivity index (χ3v) is 5.46. The molecule has 0 saturated carbocycles. The molecule has 2 aliphatic heterocycles. The molecule has 2 heterocycles. The average Bonchev–Trinajstić information content (AvgIpc) is 2.59. The van der Waals surface area contributed by atoms with E-state index >= 15 is 0 Å². The Labute approximate surface area is 140 Å². The van der Waals surface area contributed by atoms with Crippen molar-refractivity contribution in [2.45, 2.75) is 43.8 Å². The molecule has 6 nitrogen and oxygen atoms in total. The summed E-state index contributed by atoms with van der Waals surface area (Å²) in [6.45, 7) is 4.59. The quantitative estimate of drug-likeness (QED) is 0.475. The Balaban J connectivity index is 1.80. The van der Waals surface area contributed by atoms with Crippen molar-refractivity contribution in [3.05, 3.63) is 46.3 Å². The van der Waals surface area contributed by atoms with Crippen LogP contribution >= 0.6 is 11.8 Å². The van der Waals surface area contributed by atoms with Crippen molar-refractivity contribution in [2.75, 3.05) is 12.4 Å². The minimum absolute atomic E-state index is 0.00257. The number of fused-ring (bicyclic) bond motifs is 1. The first-order chi connectivity index (χ1) is 11.2. The molecule has 6 atom stereocenters. The molecule has 3 unspecified atom stereocenters. The molecular weight excluding hydrogens is 314 g/mol. The zero-order chi connectivity index (χ0) is 16.2. The SMILES string of the molecule is CCS[C@@H]1OC2COC(c3ccccc3)O[C@H]2[C@H](N=[N+]=[N-])C1C. The second kappa shape index (κ2) is 7.55. The van der Waals surface area contributed by atoms with Crippen molar-refractivity contribution in [1.82, 2.24) is 0 Å². The van der Waals surface area contributed by atoms with Crippen LogP contribution in [0.25, 0.3) is 10.4 Å². The van der Waals surface area contributed by atoms with E-state index in [9.17, 15) is 0 Å². The molecule has 1 aromatic rings. The Morgan fingerprint density at radius 1 is 1.30 bits per heavy atom. The maximum absolute atomic E-state index is 8.95. The lowest BCUT2D eigenvalue weighted by atomic mass is 9.91. The minimum atomic E-state index is -0.444. The lowest BCUT2D eigenvalue weighted by molar-refractivity contribution is -0.291. The number of rotatable bonds is 4. The third kappa shape index (κ3) is 3.49. The van der Waals surface area contributed by atoms with Crippen LogP contribution in [0.5, 0.6) is 0 Å². The summed E-state index contributed by atoms with van der Waals surface area (Å²) in [5.41, 5.74) is 9.91. The van der Waals surface area contributed by atoms with E-state index in [1.165, 1.54) is 0 Å². The molecule has 0 aromatic heterocycles. The van der Waals surface area contributed by atoms with Crippen molar-refractivity contribution >= 4 is 11.8 Å². The normalized spacial score (nSPS) is 36.8. The molecule has 0 aliphatic carbocycles. The van der Waals surface area contributed by atoms with E-state index < -0.39 is 6.29 Å². The van der Waals surface area contributed by atoms with Gasteiger partial charge in [0.2, 0.25) is 0 Å². The predicted molar refractivity (Wildman–Crippen MR) is 88.9 cm³/mol. The molecule has 124 valence electrons. The number of azide groups is 1. The number of ether oxygens (including phenoxy) is 3. The van der Waals surface area contributed by atoms with Crippen LogP contribution in [0.4, 0.5) is 0 Å². The molecule has 23 heavy (non-hydrogen) atoms. The number of hydrogen-bond donors (Lipinski definition) is 0. The fraction of sp³-hybridized carbons (Fsp3) is 0.625. The van der Waals surface area contributed by atoms with Gasteiger partial charge in [0.1, 0.15) is 11.5 Å². The van der Waals surface area contributed by atoms with Crippen LogP contribution < -0.4 is 0 Å². The highest BCUT2D eigenvalue weighted by atomic mass is 32.2. The van der Waals surface area contributed by atoms with Crippen molar-refractivity contribution in [1.29, 1.82) is 0 Å². The van der Waals surface area contributed by atoms with Crippen LogP contribution in [0, 0.1) is 5.92 Å². The Morgan fingerprint density at radius 3 is 2.78 bits per heavy atom. The maximum Gasteiger partial charge on any atom is 0.184 e. The summed E-state index contributed by atoms with van der Waals surface area (Å²) >= 11 is 1.73. The van der Waals surface area contributed by atoms with Gasteiger partial charge in [-0.15, -0.1) is 11.8 Å². The summed E-state index contributed by atoms with van der Waals surface area (Å²) in [5, 5.41) is 4.02. The average molecular weight is 335 g/mol. The van der Waals surface area contributed by atoms with E-state index in [2.05, 4.69) is 23.9 Å². The Hall–Kier alpha value is -1.24. The Kier molecular flexibility index (Phi) is 5.46. The highest BCUT2D eigenvalue weighted by Crippen LogP contribution is 2.40. The van der Waals surface area contributed by atoms with E-state index in [-0.39, 0.29) is 29.6 Å². The van der Waals surface area contributed by atoms with Gasteiger partial charge in [-0.3, -0.25) is 0 Å². The zero-order valence-corrected chi connectivity index (χ0v) is 14.1. The smallest absolute Gasteiger partial charge is 0.184 e. The number of thioether (sulfide) groups is 1. The molecule has 2 aliphatic rings. The van der Waals surface area contributed by atoms with Gasteiger partial charge < -0.3 is 14.2 Å². The Morgan fingerprint density at radius 2 is 2.09 bits per heavy atom. The monoisotopic (exact) mass is 335 g/mol. The van der Waals surface area contributed by atoms with E-state index in [4.69, 9.17) is 19.7 Å². The largest absolute Gasteiger partial charge is 0.359 e. The molecular formula is C16H21N3O3S. The fourth-order valence-corrected chi connectivity index (χ4v) is 4.11. The zero-order valence-electron chi connectivity index (χ0n) is 13.2. The van der Waals surface area contributed by atoms with Crippen LogP contribution in [0.3, 0.4) is 0 Å². The van der Waals surface area contributed by atoms with Gasteiger partial charge in [0.25, 0.3) is 0 Å². The Bertz CT molecular complexity index is 567. The summed E-state index contributed by atoms with van der Waals surface area (Å²) in [4.78, 5) is 3.03. The number of benzene rings is 1. The van der Waals surface area contributed by atoms with Gasteiger partial charge in [-0.05, 0) is 11.3 Å². The van der Waals surface area contributed by atoms with E-state index in [1.807, 2.05) is 30.3 Å². The first kappa shape index (κ1) is 16.6. The highest BCUT2D eigenvalue weighted by Gasteiger charge is 2.47. The summed E-state index contributed by atoms with van der Waals surface area (Å²) in [7, 11) is 0. The molecule has 7 heteroatoms. The van der Waals surface area contributed by atoms with Crippen molar-refractivity contribution in [3.63, 3.8) is 0 Å². The van der Waals surface area contributed by atoms with Crippen molar-refractivity contribution in [3.8, 4) is 0 Å². The van der Waals surface area contributed by atoms with Gasteiger partial charge in [0, 0.05) is 16.4 Å². The molecule has 1 aromatic carbocycles. The van der Waals surface area contributed by atoms with Gasteiger partial charge in [-0.25, -0.2) is 0 Å². The van der Waals surface area contributed by atoms with Gasteiger partial charge in [-0.2, -0.15) is 0 Å². The highest BCUT2D eigenvalue weighted by molar-refractivity contribution is 7.99. The lowest BCUT2D eigenvalue weighted by Gasteiger charge is -2.47. The molecule has 0 spiro atoms. The molecule has 2 fully saturated rings. The fourth-order valence-electron chi connectivity index (χ4n) is 3.09. The summed E-state index contributed by atoms with van der Waals surface area (Å²) < 4.78 is 18.1. The lowest BCUT2D eigenvalue weighted by Crippen LogP contribution is -2.57. The third-order valence-electron chi connectivity index (χ3n) is 4.26. The van der Waals surface area contributed by atoms with Crippen LogP contribution in [0.1, 0.15) is 25.7 Å². The molecule has 2 saturated heterocycles. The first-order valence-electron chi connectivity index (χ1n) is 7.88. The molecule has 0 bridgehead atoms. The summed E-state index contributed by atoms with van der Waals surface area (Å²) in [5.74, 6) is 1.04. The molecule has 0 radical (unpaired) electrons. The summed E-state index contributed by atoms with van der Waals surface area (Å²) in [6.07, 6.45) is -0.931. The summed E-state index contributed by atoms with van der Waals surface area (Å²) in [6, 6.07) is 9.54. The van der Waals surface area contributed by atoms with Crippen LogP contribution in [-0.4, -0.2) is 36.0 Å². The van der Waals surface area contributed by atoms with E-state index in [0.29, 0.717) is 6.61 Å². The number of nitrogens with zero attached hydrogens (tertiary/aromatic N) is 3. The first-order valence-corrected chi connectivity index (χ1v) is 8.92. The van der Waals surface area contributed by atoms with E-state index in [1.54, 1.807) is 11.8 Å². The minimum Gasteiger partial charge on any atom is -0.359 e. The number of hydrogen-bond acceptors (Lipinski definition) is 5. The molecule has 0 N–H and O–H groups in total. The second-order valence-electron chi connectivity index (χ2n) is 5.73. The van der Waals surface area contributed by atoms with Crippen molar-refractivity contribution in [2.24, 2.45) is 11.0 Å².